The van der Waals surface area contributed by atoms with Crippen LogP contribution in [0.1, 0.15) is 48.0 Å². The number of hydrogen-bond acceptors (Lipinski definition) is 3. The molecule has 0 aromatic rings. The number of carbonyl (C=O) groups is 1. The lowest BCUT2D eigenvalue weighted by Crippen LogP contribution is -2.61. The van der Waals surface area contributed by atoms with Crippen molar-refractivity contribution >= 4 is 5.97 Å². The Morgan fingerprint density at radius 3 is 2.48 bits per heavy atom. The molecule has 0 spiro atoms. The average molecular weight is 292 g/mol. The van der Waals surface area contributed by atoms with Crippen molar-refractivity contribution in [2.24, 2.45) is 28.6 Å². The van der Waals surface area contributed by atoms with Gasteiger partial charge in [0.2, 0.25) is 0 Å². The van der Waals surface area contributed by atoms with Gasteiger partial charge in [0.15, 0.2) is 0 Å². The molecular weight excluding hydrogens is 264 g/mol. The molecule has 1 heterocycles. The number of ether oxygens (including phenoxy) is 2. The number of rotatable bonds is 3. The van der Waals surface area contributed by atoms with E-state index in [9.17, 15) is 4.79 Å². The third-order valence-corrected chi connectivity index (χ3v) is 5.91. The van der Waals surface area contributed by atoms with Crippen molar-refractivity contribution < 1.29 is 14.3 Å². The molecule has 2 saturated carbocycles. The normalized spacial score (nSPS) is 41.7. The highest BCUT2D eigenvalue weighted by Crippen LogP contribution is 2.61. The first-order chi connectivity index (χ1) is 9.67. The minimum absolute atomic E-state index is 0.00840. The van der Waals surface area contributed by atoms with Gasteiger partial charge in [0.05, 0.1) is 12.0 Å². The molecule has 3 nitrogen and oxygen atoms in total. The Kier molecular flexibility index (Phi) is 3.29. The van der Waals surface area contributed by atoms with Gasteiger partial charge >= 0.3 is 5.97 Å². The molecule has 0 amide bonds. The molecule has 3 fully saturated rings. The molecule has 0 aromatic carbocycles. The molecule has 3 heteroatoms. The van der Waals surface area contributed by atoms with E-state index in [-0.39, 0.29) is 34.9 Å². The van der Waals surface area contributed by atoms with Gasteiger partial charge in [-0.3, -0.25) is 4.79 Å². The summed E-state index contributed by atoms with van der Waals surface area (Å²) in [7, 11) is 0. The van der Waals surface area contributed by atoms with Crippen LogP contribution in [0.4, 0.5) is 0 Å². The highest BCUT2D eigenvalue weighted by molar-refractivity contribution is 5.78. The lowest BCUT2D eigenvalue weighted by atomic mass is 9.59. The quantitative estimate of drug-likeness (QED) is 0.589. The number of carbonyl (C=O) groups excluding carboxylic acids is 1. The van der Waals surface area contributed by atoms with Crippen LogP contribution in [0.5, 0.6) is 0 Å². The second kappa shape index (κ2) is 4.58. The Balaban J connectivity index is 1.67. The second-order valence-corrected chi connectivity index (χ2v) is 8.49. The Bertz CT molecular complexity index is 485. The molecule has 1 saturated heterocycles. The van der Waals surface area contributed by atoms with Crippen LogP contribution in [0.25, 0.3) is 0 Å². The molecule has 118 valence electrons. The van der Waals surface area contributed by atoms with Crippen LogP contribution in [0.2, 0.25) is 0 Å². The largest absolute Gasteiger partial charge is 0.461 e. The predicted octanol–water partition coefficient (Wildman–Crippen LogP) is 3.58. The van der Waals surface area contributed by atoms with Crippen LogP contribution in [-0.2, 0) is 14.3 Å². The molecule has 3 rings (SSSR count). The van der Waals surface area contributed by atoms with Gasteiger partial charge in [0, 0.05) is 17.9 Å². The summed E-state index contributed by atoms with van der Waals surface area (Å²) >= 11 is 0. The van der Waals surface area contributed by atoms with Gasteiger partial charge in [-0.25, -0.2) is 0 Å². The van der Waals surface area contributed by atoms with E-state index >= 15 is 0 Å². The molecular formula is C18H28O3. The van der Waals surface area contributed by atoms with Gasteiger partial charge in [-0.2, -0.15) is 0 Å². The standard InChI is InChI=1S/C18H28O3/c1-10(2)9-12-13(17(12,3)4)16(19)21-15-11-7-8-20-14(11)18(15,5)6/h9,11-15H,7-8H2,1-6H3/t11-,12-,13-,14-,15-/m1/s1. The van der Waals surface area contributed by atoms with Gasteiger partial charge in [0.25, 0.3) is 0 Å². The maximum atomic E-state index is 12.6. The van der Waals surface area contributed by atoms with E-state index < -0.39 is 0 Å². The van der Waals surface area contributed by atoms with E-state index in [1.54, 1.807) is 0 Å². The molecule has 3 aliphatic rings. The minimum Gasteiger partial charge on any atom is -0.461 e. The maximum Gasteiger partial charge on any atom is 0.310 e. The van der Waals surface area contributed by atoms with E-state index in [1.165, 1.54) is 5.57 Å². The third-order valence-electron chi connectivity index (χ3n) is 5.91. The summed E-state index contributed by atoms with van der Waals surface area (Å²) in [5.41, 5.74) is 1.27. The first kappa shape index (κ1) is 15.1. The summed E-state index contributed by atoms with van der Waals surface area (Å²) in [6.45, 7) is 13.6. The van der Waals surface area contributed by atoms with Gasteiger partial charge < -0.3 is 9.47 Å². The Morgan fingerprint density at radius 2 is 1.86 bits per heavy atom. The van der Waals surface area contributed by atoms with Crippen molar-refractivity contribution in [3.63, 3.8) is 0 Å². The van der Waals surface area contributed by atoms with Crippen molar-refractivity contribution in [3.05, 3.63) is 11.6 Å². The lowest BCUT2D eigenvalue weighted by molar-refractivity contribution is -0.211. The van der Waals surface area contributed by atoms with Crippen LogP contribution < -0.4 is 0 Å². The number of esters is 1. The van der Waals surface area contributed by atoms with Gasteiger partial charge in [0.1, 0.15) is 6.10 Å². The summed E-state index contributed by atoms with van der Waals surface area (Å²) in [4.78, 5) is 12.6. The molecule has 0 aromatic heterocycles. The summed E-state index contributed by atoms with van der Waals surface area (Å²) in [5, 5.41) is 0. The van der Waals surface area contributed by atoms with Crippen molar-refractivity contribution in [2.45, 2.75) is 60.2 Å². The molecule has 5 atom stereocenters. The first-order valence-corrected chi connectivity index (χ1v) is 8.14. The van der Waals surface area contributed by atoms with Crippen molar-refractivity contribution in [1.82, 2.24) is 0 Å². The van der Waals surface area contributed by atoms with Gasteiger partial charge in [-0.15, -0.1) is 0 Å². The highest BCUT2D eigenvalue weighted by atomic mass is 16.6. The van der Waals surface area contributed by atoms with Crippen LogP contribution >= 0.6 is 0 Å². The lowest BCUT2D eigenvalue weighted by Gasteiger charge is -2.53. The summed E-state index contributed by atoms with van der Waals surface area (Å²) < 4.78 is 11.7. The molecule has 0 radical (unpaired) electrons. The number of hydrogen-bond donors (Lipinski definition) is 0. The predicted molar refractivity (Wildman–Crippen MR) is 81.7 cm³/mol. The van der Waals surface area contributed by atoms with E-state index in [4.69, 9.17) is 9.47 Å². The topological polar surface area (TPSA) is 35.5 Å². The van der Waals surface area contributed by atoms with Crippen LogP contribution in [0, 0.1) is 28.6 Å². The molecule has 0 N–H and O–H groups in total. The maximum absolute atomic E-state index is 12.6. The minimum atomic E-state index is -0.0398. The smallest absolute Gasteiger partial charge is 0.310 e. The SMILES string of the molecule is CC(C)=C[C@@H]1[C@H](C(=O)O[C@@H]2[C@@H]3CCO[C@H]3C2(C)C)C1(C)C. The summed E-state index contributed by atoms with van der Waals surface area (Å²) in [5.74, 6) is 0.747. The second-order valence-electron chi connectivity index (χ2n) is 8.49. The van der Waals surface area contributed by atoms with Crippen molar-refractivity contribution in [2.75, 3.05) is 6.61 Å². The number of allylic oxidation sites excluding steroid dienone is 2. The van der Waals surface area contributed by atoms with Crippen molar-refractivity contribution in [3.8, 4) is 0 Å². The van der Waals surface area contributed by atoms with Crippen LogP contribution in [0.3, 0.4) is 0 Å². The number of fused-ring (bicyclic) bond motifs is 1. The van der Waals surface area contributed by atoms with Crippen LogP contribution in [-0.4, -0.2) is 24.8 Å². The third kappa shape index (κ3) is 2.16. The molecule has 0 bridgehead atoms. The zero-order valence-corrected chi connectivity index (χ0v) is 14.1. The zero-order valence-electron chi connectivity index (χ0n) is 14.1. The zero-order chi connectivity index (χ0) is 15.6. The summed E-state index contributed by atoms with van der Waals surface area (Å²) in [6.07, 6.45) is 3.55. The van der Waals surface area contributed by atoms with E-state index in [2.05, 4.69) is 47.6 Å². The molecule has 21 heavy (non-hydrogen) atoms. The van der Waals surface area contributed by atoms with Crippen molar-refractivity contribution in [1.29, 1.82) is 0 Å². The average Bonchev–Trinajstić information content (AvgIpc) is 2.77. The van der Waals surface area contributed by atoms with E-state index in [0.29, 0.717) is 11.8 Å². The van der Waals surface area contributed by atoms with Gasteiger partial charge in [-0.05, 0) is 31.6 Å². The fourth-order valence-electron chi connectivity index (χ4n) is 4.51. The summed E-state index contributed by atoms with van der Waals surface area (Å²) in [6, 6.07) is 0. The fourth-order valence-corrected chi connectivity index (χ4v) is 4.51. The molecule has 2 aliphatic carbocycles. The molecule has 1 aliphatic heterocycles. The van der Waals surface area contributed by atoms with E-state index in [1.807, 2.05) is 0 Å². The van der Waals surface area contributed by atoms with Gasteiger partial charge in [-0.1, -0.05) is 39.3 Å². The Labute approximate surface area is 128 Å². The Morgan fingerprint density at radius 1 is 1.19 bits per heavy atom. The first-order valence-electron chi connectivity index (χ1n) is 8.14. The highest BCUT2D eigenvalue weighted by Gasteiger charge is 2.65. The van der Waals surface area contributed by atoms with Crippen LogP contribution in [0.15, 0.2) is 11.6 Å². The molecule has 0 unspecified atom stereocenters. The Hall–Kier alpha value is -0.830. The monoisotopic (exact) mass is 292 g/mol. The van der Waals surface area contributed by atoms with E-state index in [0.717, 1.165) is 13.0 Å². The fraction of sp³-hybridized carbons (Fsp3) is 0.833.